The van der Waals surface area contributed by atoms with Gasteiger partial charge in [0.25, 0.3) is 5.91 Å². The van der Waals surface area contributed by atoms with Crippen molar-refractivity contribution in [2.75, 3.05) is 6.61 Å². The van der Waals surface area contributed by atoms with E-state index >= 15 is 0 Å². The summed E-state index contributed by atoms with van der Waals surface area (Å²) in [6.07, 6.45) is 0.261. The van der Waals surface area contributed by atoms with Crippen LogP contribution in [0.4, 0.5) is 0 Å². The number of esters is 1. The second-order valence-corrected chi connectivity index (χ2v) is 6.73. The van der Waals surface area contributed by atoms with Crippen molar-refractivity contribution in [3.05, 3.63) is 70.2 Å². The summed E-state index contributed by atoms with van der Waals surface area (Å²) in [7, 11) is 0. The molecule has 2 aromatic rings. The molecule has 0 fully saturated rings. The minimum Gasteiger partial charge on any atom is -0.457 e. The summed E-state index contributed by atoms with van der Waals surface area (Å²) >= 11 is 3.28. The normalized spacial score (nSPS) is 10.0. The number of carbonyl (C=O) groups is 4. The van der Waals surface area contributed by atoms with Crippen molar-refractivity contribution in [1.29, 1.82) is 0 Å². The third-order valence-electron chi connectivity index (χ3n) is 3.67. The minimum absolute atomic E-state index is 0.00628. The zero-order valence-electron chi connectivity index (χ0n) is 14.9. The smallest absolute Gasteiger partial charge is 0.306 e. The monoisotopic (exact) mass is 446 g/mol. The van der Waals surface area contributed by atoms with Gasteiger partial charge in [0.15, 0.2) is 12.4 Å². The second kappa shape index (κ2) is 11.0. The van der Waals surface area contributed by atoms with Crippen LogP contribution in [0.1, 0.15) is 40.0 Å². The molecule has 0 saturated carbocycles. The van der Waals surface area contributed by atoms with Crippen LogP contribution in [0.15, 0.2) is 59.1 Å². The first-order valence-electron chi connectivity index (χ1n) is 8.54. The molecule has 28 heavy (non-hydrogen) atoms. The standard InChI is InChI=1S/C20H19BrN2O5/c21-16-11-9-14(10-12-16)17(24)13-28-19(26)8-4-7-18(25)22-23-20(27)15-5-2-1-3-6-15/h1-3,5-6,9-12H,4,7-8,13H2,(H,22,25)(H,23,27). The first kappa shape index (κ1) is 21.3. The molecule has 0 heterocycles. The summed E-state index contributed by atoms with van der Waals surface area (Å²) in [4.78, 5) is 47.1. The van der Waals surface area contributed by atoms with Crippen LogP contribution in [0, 0.1) is 0 Å². The number of hydrogen-bond acceptors (Lipinski definition) is 5. The van der Waals surface area contributed by atoms with E-state index in [0.29, 0.717) is 11.1 Å². The van der Waals surface area contributed by atoms with Gasteiger partial charge in [-0.15, -0.1) is 0 Å². The van der Waals surface area contributed by atoms with E-state index in [1.807, 2.05) is 0 Å². The van der Waals surface area contributed by atoms with Crippen LogP contribution in [-0.2, 0) is 14.3 Å². The highest BCUT2D eigenvalue weighted by Gasteiger charge is 2.11. The van der Waals surface area contributed by atoms with Crippen LogP contribution in [-0.4, -0.2) is 30.2 Å². The van der Waals surface area contributed by atoms with Crippen molar-refractivity contribution in [1.82, 2.24) is 10.9 Å². The summed E-state index contributed by atoms with van der Waals surface area (Å²) < 4.78 is 5.77. The maximum atomic E-state index is 11.9. The molecule has 0 aliphatic carbocycles. The van der Waals surface area contributed by atoms with Gasteiger partial charge >= 0.3 is 5.97 Å². The molecule has 0 aromatic heterocycles. The minimum atomic E-state index is -0.563. The van der Waals surface area contributed by atoms with Gasteiger partial charge in [0, 0.05) is 28.4 Å². The number of nitrogens with one attached hydrogen (secondary N) is 2. The Morgan fingerprint density at radius 2 is 1.50 bits per heavy atom. The Hall–Kier alpha value is -3.00. The molecule has 0 atom stereocenters. The largest absolute Gasteiger partial charge is 0.457 e. The van der Waals surface area contributed by atoms with E-state index in [1.54, 1.807) is 54.6 Å². The average molecular weight is 447 g/mol. The van der Waals surface area contributed by atoms with Crippen LogP contribution < -0.4 is 10.9 Å². The van der Waals surface area contributed by atoms with Gasteiger partial charge in [-0.05, 0) is 30.7 Å². The second-order valence-electron chi connectivity index (χ2n) is 5.81. The number of carbonyl (C=O) groups excluding carboxylic acids is 4. The van der Waals surface area contributed by atoms with Gasteiger partial charge in [0.1, 0.15) is 0 Å². The molecule has 8 heteroatoms. The molecule has 2 aromatic carbocycles. The van der Waals surface area contributed by atoms with E-state index in [2.05, 4.69) is 26.8 Å². The fourth-order valence-electron chi connectivity index (χ4n) is 2.18. The fraction of sp³-hybridized carbons (Fsp3) is 0.200. The summed E-state index contributed by atoms with van der Waals surface area (Å²) in [6, 6.07) is 15.2. The lowest BCUT2D eigenvalue weighted by atomic mass is 10.1. The van der Waals surface area contributed by atoms with E-state index in [-0.39, 0.29) is 31.7 Å². The lowest BCUT2D eigenvalue weighted by Crippen LogP contribution is -2.41. The molecule has 0 bridgehead atoms. The average Bonchev–Trinajstić information content (AvgIpc) is 2.71. The third-order valence-corrected chi connectivity index (χ3v) is 4.20. The number of rotatable bonds is 8. The number of benzene rings is 2. The Labute approximate surface area is 170 Å². The molecule has 146 valence electrons. The Bertz CT molecular complexity index is 837. The van der Waals surface area contributed by atoms with Crippen LogP contribution in [0.2, 0.25) is 0 Å². The molecule has 7 nitrogen and oxygen atoms in total. The molecule has 2 rings (SSSR count). The van der Waals surface area contributed by atoms with E-state index in [9.17, 15) is 19.2 Å². The van der Waals surface area contributed by atoms with Crippen molar-refractivity contribution in [3.8, 4) is 0 Å². The SMILES string of the molecule is O=C(CCCC(=O)OCC(=O)c1ccc(Br)cc1)NNC(=O)c1ccccc1. The van der Waals surface area contributed by atoms with Gasteiger partial charge in [-0.3, -0.25) is 30.0 Å². The molecule has 2 N–H and O–H groups in total. The predicted octanol–water partition coefficient (Wildman–Crippen LogP) is 2.81. The van der Waals surface area contributed by atoms with Crippen LogP contribution in [0.25, 0.3) is 0 Å². The quantitative estimate of drug-likeness (QED) is 0.368. The van der Waals surface area contributed by atoms with Crippen molar-refractivity contribution in [2.24, 2.45) is 0 Å². The Morgan fingerprint density at radius 1 is 0.821 bits per heavy atom. The zero-order chi connectivity index (χ0) is 20.4. The third kappa shape index (κ3) is 7.32. The predicted molar refractivity (Wildman–Crippen MR) is 105 cm³/mol. The number of ketones is 1. The van der Waals surface area contributed by atoms with E-state index < -0.39 is 17.8 Å². The number of hydrogen-bond donors (Lipinski definition) is 2. The van der Waals surface area contributed by atoms with E-state index in [0.717, 1.165) is 4.47 Å². The van der Waals surface area contributed by atoms with Gasteiger partial charge in [-0.1, -0.05) is 46.3 Å². The molecule has 2 amide bonds. The molecular formula is C20H19BrN2O5. The Balaban J connectivity index is 1.61. The van der Waals surface area contributed by atoms with Crippen molar-refractivity contribution >= 4 is 39.5 Å². The molecule has 0 unspecified atom stereocenters. The number of halogens is 1. The molecular weight excluding hydrogens is 428 g/mol. The molecule has 0 spiro atoms. The summed E-state index contributed by atoms with van der Waals surface area (Å²) in [5.74, 6) is -1.73. The molecule has 0 aliphatic heterocycles. The summed E-state index contributed by atoms with van der Waals surface area (Å²) in [5.41, 5.74) is 5.45. The van der Waals surface area contributed by atoms with E-state index in [1.165, 1.54) is 0 Å². The van der Waals surface area contributed by atoms with E-state index in [4.69, 9.17) is 4.74 Å². The lowest BCUT2D eigenvalue weighted by Gasteiger charge is -2.07. The lowest BCUT2D eigenvalue weighted by molar-refractivity contribution is -0.142. The van der Waals surface area contributed by atoms with Gasteiger partial charge < -0.3 is 4.74 Å². The fourth-order valence-corrected chi connectivity index (χ4v) is 2.45. The first-order valence-corrected chi connectivity index (χ1v) is 9.33. The Morgan fingerprint density at radius 3 is 2.18 bits per heavy atom. The Kier molecular flexibility index (Phi) is 8.36. The highest BCUT2D eigenvalue weighted by molar-refractivity contribution is 9.10. The maximum Gasteiger partial charge on any atom is 0.306 e. The highest BCUT2D eigenvalue weighted by Crippen LogP contribution is 2.11. The van der Waals surface area contributed by atoms with Gasteiger partial charge in [-0.2, -0.15) is 0 Å². The number of amides is 2. The zero-order valence-corrected chi connectivity index (χ0v) is 16.5. The summed E-state index contributed by atoms with van der Waals surface area (Å²) in [5, 5.41) is 0. The van der Waals surface area contributed by atoms with Crippen LogP contribution in [0.3, 0.4) is 0 Å². The summed E-state index contributed by atoms with van der Waals surface area (Å²) in [6.45, 7) is -0.347. The maximum absolute atomic E-state index is 11.9. The van der Waals surface area contributed by atoms with Crippen molar-refractivity contribution in [2.45, 2.75) is 19.3 Å². The van der Waals surface area contributed by atoms with Crippen molar-refractivity contribution in [3.63, 3.8) is 0 Å². The van der Waals surface area contributed by atoms with Crippen LogP contribution in [0.5, 0.6) is 0 Å². The van der Waals surface area contributed by atoms with Gasteiger partial charge in [0.2, 0.25) is 5.91 Å². The highest BCUT2D eigenvalue weighted by atomic mass is 79.9. The van der Waals surface area contributed by atoms with Gasteiger partial charge in [0.05, 0.1) is 0 Å². The topological polar surface area (TPSA) is 102 Å². The number of ether oxygens (including phenoxy) is 1. The van der Waals surface area contributed by atoms with Crippen molar-refractivity contribution < 1.29 is 23.9 Å². The number of Topliss-reactive ketones (excluding diaryl/α,β-unsaturated/α-hetero) is 1. The van der Waals surface area contributed by atoms with Crippen LogP contribution >= 0.6 is 15.9 Å². The first-order chi connectivity index (χ1) is 13.5. The van der Waals surface area contributed by atoms with Gasteiger partial charge in [-0.25, -0.2) is 0 Å². The molecule has 0 radical (unpaired) electrons. The molecule has 0 aliphatic rings. The molecule has 0 saturated heterocycles. The number of hydrazine groups is 1.